The van der Waals surface area contributed by atoms with Crippen LogP contribution in [0.5, 0.6) is 11.5 Å². The van der Waals surface area contributed by atoms with E-state index < -0.39 is 11.9 Å². The molecule has 1 aromatic carbocycles. The lowest BCUT2D eigenvalue weighted by atomic mass is 10.1. The maximum Gasteiger partial charge on any atom is 0.363 e. The molecule has 140 valence electrons. The number of ether oxygens (including phenoxy) is 4. The van der Waals surface area contributed by atoms with Crippen LogP contribution in [0.15, 0.2) is 46.4 Å². The van der Waals surface area contributed by atoms with Crippen LogP contribution < -0.4 is 9.47 Å². The first-order valence-corrected chi connectivity index (χ1v) is 9.01. The molecule has 0 radical (unpaired) electrons. The highest BCUT2D eigenvalue weighted by Crippen LogP contribution is 2.30. The Labute approximate surface area is 159 Å². The molecule has 7 nitrogen and oxygen atoms in total. The quantitative estimate of drug-likeness (QED) is 0.536. The van der Waals surface area contributed by atoms with Gasteiger partial charge in [0.25, 0.3) is 0 Å². The summed E-state index contributed by atoms with van der Waals surface area (Å²) in [5, 5.41) is 1.88. The summed E-state index contributed by atoms with van der Waals surface area (Å²) >= 11 is 1.44. The molecule has 0 saturated carbocycles. The van der Waals surface area contributed by atoms with Gasteiger partial charge in [-0.1, -0.05) is 12.1 Å². The number of aliphatic imine (C=N–C) groups is 1. The van der Waals surface area contributed by atoms with Crippen LogP contribution in [-0.4, -0.2) is 38.2 Å². The predicted octanol–water partition coefficient (Wildman–Crippen LogP) is 3.04. The largest absolute Gasteiger partial charge is 0.490 e. The topological polar surface area (TPSA) is 83.4 Å². The third-order valence-electron chi connectivity index (χ3n) is 3.50. The monoisotopic (exact) mass is 387 g/mol. The fourth-order valence-electron chi connectivity index (χ4n) is 2.27. The van der Waals surface area contributed by atoms with Gasteiger partial charge in [0.05, 0.1) is 18.6 Å². The molecule has 2 heterocycles. The highest BCUT2D eigenvalue weighted by Gasteiger charge is 2.24. The van der Waals surface area contributed by atoms with E-state index in [4.69, 9.17) is 14.2 Å². The lowest BCUT2D eigenvalue weighted by Crippen LogP contribution is -2.13. The summed E-state index contributed by atoms with van der Waals surface area (Å²) < 4.78 is 20.7. The molecule has 0 fully saturated rings. The standard InChI is InChI=1S/C19H17NO6S/c1-3-24-15-10-12(6-7-14(15)25-11-17(21)23-2)9-13-19(22)26-18(20-13)16-5-4-8-27-16/h4-10H,3,11H2,1-2H3. The second-order valence-corrected chi connectivity index (χ2v) is 6.27. The minimum Gasteiger partial charge on any atom is -0.490 e. The zero-order valence-electron chi connectivity index (χ0n) is 14.8. The van der Waals surface area contributed by atoms with Gasteiger partial charge in [-0.2, -0.15) is 0 Å². The normalized spacial score (nSPS) is 14.7. The predicted molar refractivity (Wildman–Crippen MR) is 100 cm³/mol. The Balaban J connectivity index is 1.84. The molecule has 0 amide bonds. The number of hydrogen-bond acceptors (Lipinski definition) is 8. The number of methoxy groups -OCH3 is 1. The van der Waals surface area contributed by atoms with Gasteiger partial charge in [0.1, 0.15) is 0 Å². The molecule has 0 spiro atoms. The number of nitrogens with zero attached hydrogens (tertiary/aromatic N) is 1. The van der Waals surface area contributed by atoms with Gasteiger partial charge in [0.15, 0.2) is 23.8 Å². The Bertz CT molecular complexity index is 901. The summed E-state index contributed by atoms with van der Waals surface area (Å²) in [6.45, 7) is 2.02. The minimum atomic E-state index is -0.512. The first kappa shape index (κ1) is 18.7. The van der Waals surface area contributed by atoms with E-state index in [0.717, 1.165) is 4.88 Å². The summed E-state index contributed by atoms with van der Waals surface area (Å²) in [5.41, 5.74) is 0.885. The summed E-state index contributed by atoms with van der Waals surface area (Å²) in [7, 11) is 1.29. The van der Waals surface area contributed by atoms with Crippen molar-refractivity contribution >= 4 is 35.2 Å². The van der Waals surface area contributed by atoms with Crippen LogP contribution in [-0.2, 0) is 19.1 Å². The first-order chi connectivity index (χ1) is 13.1. The van der Waals surface area contributed by atoms with Gasteiger partial charge in [0, 0.05) is 0 Å². The van der Waals surface area contributed by atoms with Gasteiger partial charge in [-0.3, -0.25) is 0 Å². The van der Waals surface area contributed by atoms with Crippen molar-refractivity contribution in [1.29, 1.82) is 0 Å². The second-order valence-electron chi connectivity index (χ2n) is 5.32. The minimum absolute atomic E-state index is 0.198. The highest BCUT2D eigenvalue weighted by molar-refractivity contribution is 7.12. The summed E-state index contributed by atoms with van der Waals surface area (Å²) in [5.74, 6) is 0.144. The number of thiophene rings is 1. The second kappa shape index (κ2) is 8.50. The molecule has 2 aromatic rings. The van der Waals surface area contributed by atoms with Crippen molar-refractivity contribution in [2.75, 3.05) is 20.3 Å². The van der Waals surface area contributed by atoms with Crippen molar-refractivity contribution in [2.45, 2.75) is 6.92 Å². The third-order valence-corrected chi connectivity index (χ3v) is 4.35. The van der Waals surface area contributed by atoms with Crippen LogP contribution in [0.1, 0.15) is 17.4 Å². The lowest BCUT2D eigenvalue weighted by Gasteiger charge is -2.11. The molecule has 0 unspecified atom stereocenters. The molecule has 1 aromatic heterocycles. The van der Waals surface area contributed by atoms with E-state index in [9.17, 15) is 9.59 Å². The molecule has 8 heteroatoms. The molecule has 0 atom stereocenters. The smallest absolute Gasteiger partial charge is 0.363 e. The average Bonchev–Trinajstić information content (AvgIpc) is 3.31. The Morgan fingerprint density at radius 1 is 1.26 bits per heavy atom. The number of carbonyl (C=O) groups is 2. The zero-order valence-corrected chi connectivity index (χ0v) is 15.6. The number of cyclic esters (lactones) is 1. The molecular weight excluding hydrogens is 370 g/mol. The summed E-state index contributed by atoms with van der Waals surface area (Å²) in [6.07, 6.45) is 1.61. The fraction of sp³-hybridized carbons (Fsp3) is 0.211. The van der Waals surface area contributed by atoms with Crippen LogP contribution in [0.2, 0.25) is 0 Å². The fourth-order valence-corrected chi connectivity index (χ4v) is 2.92. The molecule has 1 aliphatic heterocycles. The Morgan fingerprint density at radius 2 is 2.11 bits per heavy atom. The van der Waals surface area contributed by atoms with Crippen LogP contribution in [0.3, 0.4) is 0 Å². The van der Waals surface area contributed by atoms with Gasteiger partial charge in [-0.25, -0.2) is 14.6 Å². The van der Waals surface area contributed by atoms with Crippen molar-refractivity contribution in [2.24, 2.45) is 4.99 Å². The summed E-state index contributed by atoms with van der Waals surface area (Å²) in [4.78, 5) is 28.4. The van der Waals surface area contributed by atoms with E-state index in [-0.39, 0.29) is 12.3 Å². The van der Waals surface area contributed by atoms with E-state index in [1.54, 1.807) is 24.3 Å². The first-order valence-electron chi connectivity index (χ1n) is 8.13. The van der Waals surface area contributed by atoms with Gasteiger partial charge >= 0.3 is 11.9 Å². The third kappa shape index (κ3) is 4.53. The van der Waals surface area contributed by atoms with Crippen molar-refractivity contribution in [3.63, 3.8) is 0 Å². The van der Waals surface area contributed by atoms with Crippen LogP contribution in [0, 0.1) is 0 Å². The summed E-state index contributed by atoms with van der Waals surface area (Å²) in [6, 6.07) is 8.79. The van der Waals surface area contributed by atoms with Gasteiger partial charge in [-0.05, 0) is 42.1 Å². The Hall–Kier alpha value is -3.13. The lowest BCUT2D eigenvalue weighted by molar-refractivity contribution is -0.143. The van der Waals surface area contributed by atoms with E-state index >= 15 is 0 Å². The number of benzene rings is 1. The number of carbonyl (C=O) groups excluding carboxylic acids is 2. The van der Waals surface area contributed by atoms with E-state index in [1.165, 1.54) is 18.4 Å². The number of rotatable bonds is 7. The average molecular weight is 387 g/mol. The van der Waals surface area contributed by atoms with E-state index in [1.807, 2.05) is 24.4 Å². The number of esters is 2. The van der Waals surface area contributed by atoms with E-state index in [0.29, 0.717) is 29.6 Å². The molecule has 0 saturated heterocycles. The zero-order chi connectivity index (χ0) is 19.2. The van der Waals surface area contributed by atoms with Crippen LogP contribution in [0.25, 0.3) is 6.08 Å². The van der Waals surface area contributed by atoms with Gasteiger partial charge < -0.3 is 18.9 Å². The Kier molecular flexibility index (Phi) is 5.87. The van der Waals surface area contributed by atoms with Crippen LogP contribution in [0.4, 0.5) is 0 Å². The molecule has 0 bridgehead atoms. The van der Waals surface area contributed by atoms with Crippen molar-refractivity contribution in [3.8, 4) is 11.5 Å². The van der Waals surface area contributed by atoms with Gasteiger partial charge in [-0.15, -0.1) is 11.3 Å². The highest BCUT2D eigenvalue weighted by atomic mass is 32.1. The Morgan fingerprint density at radius 3 is 2.81 bits per heavy atom. The maximum absolute atomic E-state index is 12.1. The number of hydrogen-bond donors (Lipinski definition) is 0. The van der Waals surface area contributed by atoms with E-state index in [2.05, 4.69) is 9.73 Å². The SMILES string of the molecule is CCOc1cc(C=C2N=C(c3cccs3)OC2=O)ccc1OCC(=O)OC. The van der Waals surface area contributed by atoms with Crippen LogP contribution >= 0.6 is 11.3 Å². The molecular formula is C19H17NO6S. The van der Waals surface area contributed by atoms with Crippen molar-refractivity contribution in [3.05, 3.63) is 51.8 Å². The van der Waals surface area contributed by atoms with Crippen molar-refractivity contribution < 1.29 is 28.5 Å². The maximum atomic E-state index is 12.1. The molecule has 0 aliphatic carbocycles. The van der Waals surface area contributed by atoms with Crippen molar-refractivity contribution in [1.82, 2.24) is 0 Å². The molecule has 0 N–H and O–H groups in total. The molecule has 27 heavy (non-hydrogen) atoms. The van der Waals surface area contributed by atoms with Gasteiger partial charge in [0.2, 0.25) is 5.90 Å². The molecule has 1 aliphatic rings. The molecule has 3 rings (SSSR count).